The van der Waals surface area contributed by atoms with Crippen LogP contribution in [0.4, 0.5) is 5.69 Å². The molecular weight excluding hydrogens is 340 g/mol. The number of benzene rings is 2. The second-order valence-electron chi connectivity index (χ2n) is 6.95. The largest absolute Gasteiger partial charge is 0.391 e. The molecule has 0 amide bonds. The van der Waals surface area contributed by atoms with Gasteiger partial charge in [-0.25, -0.2) is 0 Å². The van der Waals surface area contributed by atoms with E-state index in [1.165, 1.54) is 28.3 Å². The first-order valence-corrected chi connectivity index (χ1v) is 10.7. The second kappa shape index (κ2) is 10.0. The minimum atomic E-state index is -0.295. The number of piperazine rings is 1. The van der Waals surface area contributed by atoms with Crippen molar-refractivity contribution >= 4 is 17.4 Å². The third-order valence-electron chi connectivity index (χ3n) is 4.82. The van der Waals surface area contributed by atoms with Gasteiger partial charge >= 0.3 is 0 Å². The van der Waals surface area contributed by atoms with Crippen molar-refractivity contribution < 1.29 is 5.11 Å². The van der Waals surface area contributed by atoms with E-state index in [0.29, 0.717) is 0 Å². The lowest BCUT2D eigenvalue weighted by Crippen LogP contribution is -2.49. The number of rotatable bonds is 8. The van der Waals surface area contributed by atoms with Crippen LogP contribution in [0.3, 0.4) is 0 Å². The molecule has 0 saturated carbocycles. The fraction of sp³-hybridized carbons (Fsp3) is 0.455. The van der Waals surface area contributed by atoms with E-state index in [1.807, 2.05) is 30.0 Å². The summed E-state index contributed by atoms with van der Waals surface area (Å²) in [4.78, 5) is 6.29. The average molecular weight is 371 g/mol. The van der Waals surface area contributed by atoms with E-state index in [1.54, 1.807) is 0 Å². The molecule has 1 aliphatic rings. The molecule has 0 spiro atoms. The third kappa shape index (κ3) is 5.50. The number of para-hydroxylation sites is 1. The first-order chi connectivity index (χ1) is 12.8. The maximum atomic E-state index is 10.4. The molecule has 1 heterocycles. The van der Waals surface area contributed by atoms with Crippen LogP contribution in [-0.2, 0) is 6.42 Å². The van der Waals surface area contributed by atoms with Gasteiger partial charge in [0, 0.05) is 37.6 Å². The Labute approximate surface area is 162 Å². The van der Waals surface area contributed by atoms with Crippen molar-refractivity contribution in [2.45, 2.75) is 30.8 Å². The molecule has 0 aliphatic carbocycles. The highest BCUT2D eigenvalue weighted by Crippen LogP contribution is 2.31. The number of hydrogen-bond acceptors (Lipinski definition) is 4. The molecule has 1 fully saturated rings. The summed E-state index contributed by atoms with van der Waals surface area (Å²) < 4.78 is 0. The Bertz CT molecular complexity index is 656. The number of aliphatic hydroxyl groups excluding tert-OH is 1. The van der Waals surface area contributed by atoms with Gasteiger partial charge < -0.3 is 10.0 Å². The van der Waals surface area contributed by atoms with Crippen LogP contribution in [0.5, 0.6) is 0 Å². The van der Waals surface area contributed by atoms with Crippen molar-refractivity contribution in [2.24, 2.45) is 0 Å². The van der Waals surface area contributed by atoms with Crippen molar-refractivity contribution in [2.75, 3.05) is 43.4 Å². The number of thioether (sulfide) groups is 1. The molecule has 1 N–H and O–H groups in total. The number of anilines is 1. The summed E-state index contributed by atoms with van der Waals surface area (Å²) in [6.45, 7) is 7.07. The van der Waals surface area contributed by atoms with E-state index in [9.17, 15) is 5.11 Å². The molecule has 0 radical (unpaired) electrons. The first-order valence-electron chi connectivity index (χ1n) is 9.67. The average Bonchev–Trinajstić information content (AvgIpc) is 2.68. The monoisotopic (exact) mass is 370 g/mol. The molecule has 1 unspecified atom stereocenters. The molecule has 3 rings (SSSR count). The molecule has 2 aromatic rings. The minimum Gasteiger partial charge on any atom is -0.391 e. The number of hydrogen-bond donors (Lipinski definition) is 1. The van der Waals surface area contributed by atoms with Crippen molar-refractivity contribution in [1.29, 1.82) is 0 Å². The van der Waals surface area contributed by atoms with E-state index < -0.39 is 0 Å². The van der Waals surface area contributed by atoms with Crippen LogP contribution < -0.4 is 4.90 Å². The van der Waals surface area contributed by atoms with Gasteiger partial charge in [-0.2, -0.15) is 0 Å². The fourth-order valence-corrected chi connectivity index (χ4v) is 4.42. The molecule has 1 aliphatic heterocycles. The van der Waals surface area contributed by atoms with Crippen molar-refractivity contribution in [1.82, 2.24) is 4.90 Å². The Balaban J connectivity index is 1.50. The third-order valence-corrected chi connectivity index (χ3v) is 6.09. The second-order valence-corrected chi connectivity index (χ2v) is 8.08. The molecular formula is C22H30N2OS. The van der Waals surface area contributed by atoms with Crippen LogP contribution in [0, 0.1) is 0 Å². The van der Waals surface area contributed by atoms with E-state index in [-0.39, 0.29) is 6.10 Å². The van der Waals surface area contributed by atoms with Crippen LogP contribution in [0.15, 0.2) is 59.5 Å². The zero-order chi connectivity index (χ0) is 18.2. The van der Waals surface area contributed by atoms with Gasteiger partial charge in [0.05, 0.1) is 11.8 Å². The number of β-amino-alcohol motifs (C(OH)–C–C–N with tert-alkyl or cyclic N) is 1. The van der Waals surface area contributed by atoms with Crippen molar-refractivity contribution in [3.63, 3.8) is 0 Å². The summed E-state index contributed by atoms with van der Waals surface area (Å²) in [7, 11) is 0. The maximum Gasteiger partial charge on any atom is 0.0707 e. The van der Waals surface area contributed by atoms with Crippen molar-refractivity contribution in [3.05, 3.63) is 60.2 Å². The van der Waals surface area contributed by atoms with Crippen LogP contribution in [0.1, 0.15) is 18.9 Å². The zero-order valence-electron chi connectivity index (χ0n) is 15.7. The molecule has 140 valence electrons. The summed E-state index contributed by atoms with van der Waals surface area (Å²) >= 11 is 1.96. The van der Waals surface area contributed by atoms with Gasteiger partial charge in [0.15, 0.2) is 0 Å². The van der Waals surface area contributed by atoms with Gasteiger partial charge in [0.25, 0.3) is 0 Å². The Morgan fingerprint density at radius 2 is 1.65 bits per heavy atom. The van der Waals surface area contributed by atoms with E-state index in [2.05, 4.69) is 53.1 Å². The molecule has 26 heavy (non-hydrogen) atoms. The minimum absolute atomic E-state index is 0.295. The molecule has 1 atom stereocenters. The van der Waals surface area contributed by atoms with Gasteiger partial charge in [-0.3, -0.25) is 4.90 Å². The highest BCUT2D eigenvalue weighted by atomic mass is 32.2. The Kier molecular flexibility index (Phi) is 7.42. The Morgan fingerprint density at radius 1 is 0.962 bits per heavy atom. The van der Waals surface area contributed by atoms with E-state index in [0.717, 1.165) is 39.1 Å². The smallest absolute Gasteiger partial charge is 0.0707 e. The number of nitrogens with zero attached hydrogens (tertiary/aromatic N) is 2. The molecule has 0 bridgehead atoms. The summed E-state index contributed by atoms with van der Waals surface area (Å²) in [6.07, 6.45) is 1.64. The highest BCUT2D eigenvalue weighted by molar-refractivity contribution is 7.99. The first kappa shape index (κ1) is 19.3. The van der Waals surface area contributed by atoms with Gasteiger partial charge in [-0.1, -0.05) is 49.4 Å². The summed E-state index contributed by atoms with van der Waals surface area (Å²) in [5.41, 5.74) is 2.58. The standard InChI is InChI=1S/C22H30N2OS/c1-2-16-26-22-11-7-6-10-21(22)24-14-12-23(13-15-24)18-20(25)17-19-8-4-3-5-9-19/h3-11,20,25H,2,12-18H2,1H3. The lowest BCUT2D eigenvalue weighted by atomic mass is 10.1. The Hall–Kier alpha value is -1.49. The predicted octanol–water partition coefficient (Wildman–Crippen LogP) is 3.91. The van der Waals surface area contributed by atoms with Crippen molar-refractivity contribution in [3.8, 4) is 0 Å². The van der Waals surface area contributed by atoms with Gasteiger partial charge in [0.2, 0.25) is 0 Å². The van der Waals surface area contributed by atoms with Gasteiger partial charge in [-0.05, 0) is 36.3 Å². The van der Waals surface area contributed by atoms with E-state index in [4.69, 9.17) is 0 Å². The van der Waals surface area contributed by atoms with Gasteiger partial charge in [-0.15, -0.1) is 11.8 Å². The molecule has 1 saturated heterocycles. The van der Waals surface area contributed by atoms with Crippen LogP contribution in [0.25, 0.3) is 0 Å². The van der Waals surface area contributed by atoms with E-state index >= 15 is 0 Å². The van der Waals surface area contributed by atoms with Crippen LogP contribution in [-0.4, -0.2) is 54.6 Å². The maximum absolute atomic E-state index is 10.4. The molecule has 4 heteroatoms. The van der Waals surface area contributed by atoms with Gasteiger partial charge in [0.1, 0.15) is 0 Å². The zero-order valence-corrected chi connectivity index (χ0v) is 16.5. The van der Waals surface area contributed by atoms with Crippen LogP contribution in [0.2, 0.25) is 0 Å². The summed E-state index contributed by atoms with van der Waals surface area (Å²) in [5.74, 6) is 1.17. The lowest BCUT2D eigenvalue weighted by molar-refractivity contribution is 0.109. The number of aliphatic hydroxyl groups is 1. The summed E-state index contributed by atoms with van der Waals surface area (Å²) in [6, 6.07) is 19.0. The molecule has 0 aromatic heterocycles. The predicted molar refractivity (Wildman–Crippen MR) is 112 cm³/mol. The summed E-state index contributed by atoms with van der Waals surface area (Å²) in [5, 5.41) is 10.4. The molecule has 3 nitrogen and oxygen atoms in total. The SMILES string of the molecule is CCCSc1ccccc1N1CCN(CC(O)Cc2ccccc2)CC1. The Morgan fingerprint density at radius 3 is 2.38 bits per heavy atom. The van der Waals surface area contributed by atoms with Crippen LogP contribution >= 0.6 is 11.8 Å². The highest BCUT2D eigenvalue weighted by Gasteiger charge is 2.21. The normalized spacial score (nSPS) is 16.6. The quantitative estimate of drug-likeness (QED) is 0.713. The lowest BCUT2D eigenvalue weighted by Gasteiger charge is -2.37. The fourth-order valence-electron chi connectivity index (χ4n) is 3.47. The molecule has 2 aromatic carbocycles. The topological polar surface area (TPSA) is 26.7 Å².